The number of pyridine rings is 1. The second-order valence-corrected chi connectivity index (χ2v) is 4.16. The van der Waals surface area contributed by atoms with Gasteiger partial charge >= 0.3 is 5.97 Å². The van der Waals surface area contributed by atoms with E-state index in [-0.39, 0.29) is 23.8 Å². The number of carboxylic acid groups (broad SMARTS) is 1. The Morgan fingerprint density at radius 1 is 1.16 bits per heavy atom. The summed E-state index contributed by atoms with van der Waals surface area (Å²) in [5.41, 5.74) is -0.216. The number of rotatable bonds is 4. The molecular formula is C12H15N3O4. The summed E-state index contributed by atoms with van der Waals surface area (Å²) in [6.45, 7) is -0.0924. The van der Waals surface area contributed by atoms with Gasteiger partial charge in [-0.1, -0.05) is 6.07 Å². The summed E-state index contributed by atoms with van der Waals surface area (Å²) in [5, 5.41) is 8.80. The van der Waals surface area contributed by atoms with E-state index in [1.165, 1.54) is 35.0 Å². The monoisotopic (exact) mass is 265 g/mol. The maximum absolute atomic E-state index is 12.0. The molecule has 0 aliphatic rings. The van der Waals surface area contributed by atoms with Crippen molar-refractivity contribution in [2.45, 2.75) is 0 Å². The SMILES string of the molecule is CN(C)C(=O)CN(C)C(=O)c1cccc(C(=O)O)n1. The fourth-order valence-corrected chi connectivity index (χ4v) is 1.28. The zero-order valence-electron chi connectivity index (χ0n) is 11.0. The van der Waals surface area contributed by atoms with Gasteiger partial charge in [-0.2, -0.15) is 0 Å². The van der Waals surface area contributed by atoms with Crippen LogP contribution < -0.4 is 0 Å². The molecule has 1 rings (SSSR count). The Morgan fingerprint density at radius 2 is 1.74 bits per heavy atom. The third-order valence-electron chi connectivity index (χ3n) is 2.41. The summed E-state index contributed by atoms with van der Waals surface area (Å²) in [6, 6.07) is 4.14. The number of aromatic carboxylic acids is 1. The predicted molar refractivity (Wildman–Crippen MR) is 66.9 cm³/mol. The van der Waals surface area contributed by atoms with Crippen LogP contribution in [-0.2, 0) is 4.79 Å². The third-order valence-corrected chi connectivity index (χ3v) is 2.41. The van der Waals surface area contributed by atoms with Crippen LogP contribution in [0.5, 0.6) is 0 Å². The first-order chi connectivity index (χ1) is 8.82. The molecule has 0 aromatic carbocycles. The van der Waals surface area contributed by atoms with Gasteiger partial charge in [-0.3, -0.25) is 9.59 Å². The molecule has 0 unspecified atom stereocenters. The van der Waals surface area contributed by atoms with Crippen LogP contribution in [-0.4, -0.2) is 65.4 Å². The standard InChI is InChI=1S/C12H15N3O4/c1-14(2)10(16)7-15(3)11(17)8-5-4-6-9(13-8)12(18)19/h4-6H,7H2,1-3H3,(H,18,19). The lowest BCUT2D eigenvalue weighted by Gasteiger charge is -2.18. The first-order valence-corrected chi connectivity index (χ1v) is 5.49. The molecule has 1 heterocycles. The molecule has 0 saturated carbocycles. The van der Waals surface area contributed by atoms with E-state index in [1.54, 1.807) is 14.1 Å². The van der Waals surface area contributed by atoms with Crippen molar-refractivity contribution in [3.8, 4) is 0 Å². The molecule has 1 aromatic heterocycles. The van der Waals surface area contributed by atoms with Crippen molar-refractivity contribution in [1.82, 2.24) is 14.8 Å². The second-order valence-electron chi connectivity index (χ2n) is 4.16. The van der Waals surface area contributed by atoms with E-state index in [4.69, 9.17) is 5.11 Å². The molecule has 0 saturated heterocycles. The number of amides is 2. The summed E-state index contributed by atoms with van der Waals surface area (Å²) in [4.78, 5) is 40.5. The van der Waals surface area contributed by atoms with E-state index in [0.717, 1.165) is 0 Å². The van der Waals surface area contributed by atoms with Gasteiger partial charge in [-0.15, -0.1) is 0 Å². The number of carbonyl (C=O) groups is 3. The molecule has 7 heteroatoms. The number of likely N-dealkylation sites (N-methyl/N-ethyl adjacent to an activating group) is 2. The van der Waals surface area contributed by atoms with Crippen molar-refractivity contribution in [2.24, 2.45) is 0 Å². The van der Waals surface area contributed by atoms with E-state index >= 15 is 0 Å². The zero-order valence-corrected chi connectivity index (χ0v) is 11.0. The number of aromatic nitrogens is 1. The number of carboxylic acids is 1. The maximum Gasteiger partial charge on any atom is 0.354 e. The fourth-order valence-electron chi connectivity index (χ4n) is 1.28. The van der Waals surface area contributed by atoms with Crippen molar-refractivity contribution in [3.63, 3.8) is 0 Å². The number of carbonyl (C=O) groups excluding carboxylic acids is 2. The third kappa shape index (κ3) is 3.77. The van der Waals surface area contributed by atoms with Gasteiger partial charge in [0.2, 0.25) is 5.91 Å². The van der Waals surface area contributed by atoms with Gasteiger partial charge in [-0.05, 0) is 12.1 Å². The van der Waals surface area contributed by atoms with E-state index < -0.39 is 11.9 Å². The lowest BCUT2D eigenvalue weighted by atomic mass is 10.2. The minimum atomic E-state index is -1.21. The normalized spacial score (nSPS) is 9.84. The minimum absolute atomic E-state index is 0.00560. The zero-order chi connectivity index (χ0) is 14.6. The molecule has 0 aliphatic carbocycles. The molecular weight excluding hydrogens is 250 g/mol. The largest absolute Gasteiger partial charge is 0.477 e. The molecule has 1 N–H and O–H groups in total. The van der Waals surface area contributed by atoms with Crippen LogP contribution in [0.1, 0.15) is 21.0 Å². The maximum atomic E-state index is 12.0. The first kappa shape index (κ1) is 14.6. The van der Waals surface area contributed by atoms with Crippen LogP contribution in [0.25, 0.3) is 0 Å². The van der Waals surface area contributed by atoms with Crippen molar-refractivity contribution in [1.29, 1.82) is 0 Å². The molecule has 19 heavy (non-hydrogen) atoms. The number of nitrogens with zero attached hydrogens (tertiary/aromatic N) is 3. The van der Waals surface area contributed by atoms with Gasteiger partial charge in [0.15, 0.2) is 0 Å². The molecule has 0 fully saturated rings. The lowest BCUT2D eigenvalue weighted by Crippen LogP contribution is -2.38. The smallest absolute Gasteiger partial charge is 0.354 e. The highest BCUT2D eigenvalue weighted by molar-refractivity contribution is 5.96. The molecule has 2 amide bonds. The van der Waals surface area contributed by atoms with Crippen LogP contribution in [0.3, 0.4) is 0 Å². The molecule has 7 nitrogen and oxygen atoms in total. The Hall–Kier alpha value is -2.44. The molecule has 102 valence electrons. The Balaban J connectivity index is 2.85. The molecule has 0 atom stereocenters. The van der Waals surface area contributed by atoms with E-state index in [9.17, 15) is 14.4 Å². The second kappa shape index (κ2) is 5.94. The van der Waals surface area contributed by atoms with Gasteiger partial charge in [0, 0.05) is 21.1 Å². The van der Waals surface area contributed by atoms with Gasteiger partial charge in [-0.25, -0.2) is 9.78 Å². The summed E-state index contributed by atoms with van der Waals surface area (Å²) in [5.74, 6) is -1.94. The Kier molecular flexibility index (Phi) is 4.57. The minimum Gasteiger partial charge on any atom is -0.477 e. The van der Waals surface area contributed by atoms with Crippen LogP contribution in [0.2, 0.25) is 0 Å². The summed E-state index contributed by atoms with van der Waals surface area (Å²) in [7, 11) is 4.63. The first-order valence-electron chi connectivity index (χ1n) is 5.49. The highest BCUT2D eigenvalue weighted by Gasteiger charge is 2.18. The van der Waals surface area contributed by atoms with Crippen molar-refractivity contribution < 1.29 is 19.5 Å². The van der Waals surface area contributed by atoms with Gasteiger partial charge in [0.1, 0.15) is 11.4 Å². The summed E-state index contributed by atoms with van der Waals surface area (Å²) in [6.07, 6.45) is 0. The van der Waals surface area contributed by atoms with Crippen LogP contribution in [0, 0.1) is 0 Å². The van der Waals surface area contributed by atoms with Crippen LogP contribution in [0.15, 0.2) is 18.2 Å². The Bertz CT molecular complexity index is 513. The van der Waals surface area contributed by atoms with E-state index in [0.29, 0.717) is 0 Å². The average molecular weight is 265 g/mol. The molecule has 0 spiro atoms. The van der Waals surface area contributed by atoms with Gasteiger partial charge in [0.25, 0.3) is 5.91 Å². The van der Waals surface area contributed by atoms with Crippen LogP contribution >= 0.6 is 0 Å². The summed E-state index contributed by atoms with van der Waals surface area (Å²) < 4.78 is 0. The van der Waals surface area contributed by atoms with Gasteiger partial charge in [0.05, 0.1) is 6.54 Å². The number of hydrogen-bond donors (Lipinski definition) is 1. The Labute approximate surface area is 110 Å². The predicted octanol–water partition coefficient (Wildman–Crippen LogP) is -0.0600. The quantitative estimate of drug-likeness (QED) is 0.823. The topological polar surface area (TPSA) is 90.8 Å². The van der Waals surface area contributed by atoms with E-state index in [1.807, 2.05) is 0 Å². The Morgan fingerprint density at radius 3 is 2.26 bits per heavy atom. The van der Waals surface area contributed by atoms with E-state index in [2.05, 4.69) is 4.98 Å². The summed E-state index contributed by atoms with van der Waals surface area (Å²) >= 11 is 0. The molecule has 0 aliphatic heterocycles. The highest BCUT2D eigenvalue weighted by Crippen LogP contribution is 2.03. The van der Waals surface area contributed by atoms with Crippen molar-refractivity contribution >= 4 is 17.8 Å². The average Bonchev–Trinajstić information content (AvgIpc) is 2.37. The molecule has 0 radical (unpaired) electrons. The molecule has 1 aromatic rings. The number of hydrogen-bond acceptors (Lipinski definition) is 4. The van der Waals surface area contributed by atoms with Crippen molar-refractivity contribution in [2.75, 3.05) is 27.7 Å². The highest BCUT2D eigenvalue weighted by atomic mass is 16.4. The van der Waals surface area contributed by atoms with Crippen LogP contribution in [0.4, 0.5) is 0 Å². The fraction of sp³-hybridized carbons (Fsp3) is 0.333. The van der Waals surface area contributed by atoms with Crippen molar-refractivity contribution in [3.05, 3.63) is 29.6 Å². The van der Waals surface area contributed by atoms with Gasteiger partial charge < -0.3 is 14.9 Å². The lowest BCUT2D eigenvalue weighted by molar-refractivity contribution is -0.129. The molecule has 0 bridgehead atoms.